The van der Waals surface area contributed by atoms with Gasteiger partial charge in [0, 0.05) is 4.90 Å². The Balaban J connectivity index is 1.94. The summed E-state index contributed by atoms with van der Waals surface area (Å²) in [4.78, 5) is 1.05. The van der Waals surface area contributed by atoms with Crippen LogP contribution in [0.5, 0.6) is 5.75 Å². The standard InChI is InChI=1S/C20H16F2OS/c1-23-18-10-12-19(13-11-18)24-20(14-2-6-16(21)7-3-14)15-4-8-17(22)9-5-15/h2-13,20H,1H3. The van der Waals surface area contributed by atoms with Gasteiger partial charge in [-0.15, -0.1) is 11.8 Å². The molecule has 0 N–H and O–H groups in total. The van der Waals surface area contributed by atoms with Crippen molar-refractivity contribution in [3.8, 4) is 5.75 Å². The zero-order chi connectivity index (χ0) is 16.9. The smallest absolute Gasteiger partial charge is 0.123 e. The van der Waals surface area contributed by atoms with Crippen LogP contribution in [-0.4, -0.2) is 7.11 Å². The average Bonchev–Trinajstić information content (AvgIpc) is 2.62. The Bertz CT molecular complexity index is 738. The summed E-state index contributed by atoms with van der Waals surface area (Å²) >= 11 is 1.63. The highest BCUT2D eigenvalue weighted by molar-refractivity contribution is 7.99. The van der Waals surface area contributed by atoms with E-state index in [-0.39, 0.29) is 16.9 Å². The van der Waals surface area contributed by atoms with Gasteiger partial charge in [0.05, 0.1) is 12.4 Å². The fourth-order valence-corrected chi connectivity index (χ4v) is 3.55. The van der Waals surface area contributed by atoms with Gasteiger partial charge in [0.25, 0.3) is 0 Å². The van der Waals surface area contributed by atoms with E-state index >= 15 is 0 Å². The largest absolute Gasteiger partial charge is 0.497 e. The van der Waals surface area contributed by atoms with Gasteiger partial charge in [0.1, 0.15) is 17.4 Å². The highest BCUT2D eigenvalue weighted by atomic mass is 32.2. The maximum atomic E-state index is 13.2. The summed E-state index contributed by atoms with van der Waals surface area (Å²) in [7, 11) is 1.63. The molecule has 0 aromatic heterocycles. The van der Waals surface area contributed by atoms with Gasteiger partial charge in [-0.05, 0) is 59.7 Å². The third-order valence-corrected chi connectivity index (χ3v) is 4.98. The average molecular weight is 342 g/mol. The van der Waals surface area contributed by atoms with Gasteiger partial charge in [0.15, 0.2) is 0 Å². The molecule has 0 aliphatic rings. The van der Waals surface area contributed by atoms with Crippen molar-refractivity contribution in [3.05, 3.63) is 95.6 Å². The summed E-state index contributed by atoms with van der Waals surface area (Å²) in [6.45, 7) is 0. The number of thioether (sulfide) groups is 1. The molecule has 0 saturated heterocycles. The van der Waals surface area contributed by atoms with E-state index in [2.05, 4.69) is 0 Å². The van der Waals surface area contributed by atoms with E-state index in [0.717, 1.165) is 21.8 Å². The van der Waals surface area contributed by atoms with Gasteiger partial charge < -0.3 is 4.74 Å². The molecule has 0 spiro atoms. The van der Waals surface area contributed by atoms with Crippen molar-refractivity contribution in [3.63, 3.8) is 0 Å². The van der Waals surface area contributed by atoms with Gasteiger partial charge in [-0.1, -0.05) is 24.3 Å². The molecular formula is C20H16F2OS. The molecule has 3 rings (SSSR count). The Morgan fingerprint density at radius 2 is 1.17 bits per heavy atom. The molecule has 0 radical (unpaired) electrons. The molecular weight excluding hydrogens is 326 g/mol. The number of halogens is 2. The molecule has 1 nitrogen and oxygen atoms in total. The first kappa shape index (κ1) is 16.5. The van der Waals surface area contributed by atoms with Crippen molar-refractivity contribution in [1.82, 2.24) is 0 Å². The maximum Gasteiger partial charge on any atom is 0.123 e. The van der Waals surface area contributed by atoms with Crippen LogP contribution in [0, 0.1) is 11.6 Å². The SMILES string of the molecule is COc1ccc(SC(c2ccc(F)cc2)c2ccc(F)cc2)cc1. The minimum Gasteiger partial charge on any atom is -0.497 e. The fourth-order valence-electron chi connectivity index (χ4n) is 2.39. The van der Waals surface area contributed by atoms with Crippen molar-refractivity contribution >= 4 is 11.8 Å². The van der Waals surface area contributed by atoms with E-state index in [9.17, 15) is 8.78 Å². The van der Waals surface area contributed by atoms with Gasteiger partial charge in [-0.3, -0.25) is 0 Å². The maximum absolute atomic E-state index is 13.2. The molecule has 0 aliphatic carbocycles. The first-order chi connectivity index (χ1) is 11.7. The first-order valence-corrected chi connectivity index (χ1v) is 8.35. The minimum absolute atomic E-state index is 0.0559. The second kappa shape index (κ2) is 7.49. The summed E-state index contributed by atoms with van der Waals surface area (Å²) in [5.74, 6) is 0.247. The summed E-state index contributed by atoms with van der Waals surface area (Å²) < 4.78 is 31.7. The highest BCUT2D eigenvalue weighted by Crippen LogP contribution is 2.40. The monoisotopic (exact) mass is 342 g/mol. The summed E-state index contributed by atoms with van der Waals surface area (Å²) in [6, 6.07) is 20.6. The predicted molar refractivity (Wildman–Crippen MR) is 93.5 cm³/mol. The van der Waals surface area contributed by atoms with Crippen LogP contribution in [0.3, 0.4) is 0 Å². The molecule has 0 unspecified atom stereocenters. The Morgan fingerprint density at radius 1 is 0.708 bits per heavy atom. The number of methoxy groups -OCH3 is 1. The van der Waals surface area contributed by atoms with Crippen LogP contribution in [0.25, 0.3) is 0 Å². The molecule has 3 aromatic carbocycles. The second-order valence-electron chi connectivity index (χ2n) is 5.28. The Hall–Kier alpha value is -2.33. The van der Waals surface area contributed by atoms with Crippen molar-refractivity contribution in [2.45, 2.75) is 10.1 Å². The lowest BCUT2D eigenvalue weighted by molar-refractivity contribution is 0.414. The predicted octanol–water partition coefficient (Wildman–Crippen LogP) is 5.86. The summed E-state index contributed by atoms with van der Waals surface area (Å²) in [5, 5.41) is -0.0559. The summed E-state index contributed by atoms with van der Waals surface area (Å²) in [5.41, 5.74) is 1.92. The zero-order valence-corrected chi connectivity index (χ0v) is 13.9. The van der Waals surface area contributed by atoms with Gasteiger partial charge in [-0.2, -0.15) is 0 Å². The van der Waals surface area contributed by atoms with Crippen molar-refractivity contribution in [2.75, 3.05) is 7.11 Å². The van der Waals surface area contributed by atoms with Gasteiger partial charge >= 0.3 is 0 Å². The topological polar surface area (TPSA) is 9.23 Å². The second-order valence-corrected chi connectivity index (χ2v) is 6.46. The Kier molecular flexibility index (Phi) is 5.16. The highest BCUT2D eigenvalue weighted by Gasteiger charge is 2.16. The molecule has 0 aliphatic heterocycles. The molecule has 24 heavy (non-hydrogen) atoms. The van der Waals surface area contributed by atoms with Crippen LogP contribution < -0.4 is 4.74 Å². The third-order valence-electron chi connectivity index (χ3n) is 3.66. The normalized spacial score (nSPS) is 10.8. The number of rotatable bonds is 5. The van der Waals surface area contributed by atoms with Crippen LogP contribution in [0.1, 0.15) is 16.4 Å². The van der Waals surface area contributed by atoms with E-state index < -0.39 is 0 Å². The number of hydrogen-bond acceptors (Lipinski definition) is 2. The van der Waals surface area contributed by atoms with E-state index in [1.165, 1.54) is 24.3 Å². The third kappa shape index (κ3) is 3.95. The number of hydrogen-bond donors (Lipinski definition) is 0. The molecule has 0 fully saturated rings. The molecule has 4 heteroatoms. The Labute approximate surface area is 144 Å². The van der Waals surface area contributed by atoms with Crippen LogP contribution in [0.4, 0.5) is 8.78 Å². The molecule has 0 saturated carbocycles. The van der Waals surface area contributed by atoms with Crippen LogP contribution in [0.15, 0.2) is 77.7 Å². The zero-order valence-electron chi connectivity index (χ0n) is 13.1. The van der Waals surface area contributed by atoms with Crippen molar-refractivity contribution < 1.29 is 13.5 Å². The lowest BCUT2D eigenvalue weighted by atomic mass is 10.0. The molecule has 0 heterocycles. The molecule has 3 aromatic rings. The first-order valence-electron chi connectivity index (χ1n) is 7.47. The lowest BCUT2D eigenvalue weighted by Gasteiger charge is -2.18. The molecule has 0 amide bonds. The fraction of sp³-hybridized carbons (Fsp3) is 0.100. The molecule has 0 atom stereocenters. The number of benzene rings is 3. The quantitative estimate of drug-likeness (QED) is 0.538. The lowest BCUT2D eigenvalue weighted by Crippen LogP contribution is -1.97. The number of ether oxygens (including phenoxy) is 1. The molecule has 122 valence electrons. The van der Waals surface area contributed by atoms with Crippen LogP contribution >= 0.6 is 11.8 Å². The van der Waals surface area contributed by atoms with Gasteiger partial charge in [-0.25, -0.2) is 8.78 Å². The van der Waals surface area contributed by atoms with E-state index in [0.29, 0.717) is 0 Å². The van der Waals surface area contributed by atoms with E-state index in [1.807, 2.05) is 24.3 Å². The van der Waals surface area contributed by atoms with Crippen LogP contribution in [-0.2, 0) is 0 Å². The van der Waals surface area contributed by atoms with E-state index in [4.69, 9.17) is 4.74 Å². The summed E-state index contributed by atoms with van der Waals surface area (Å²) in [6.07, 6.45) is 0. The minimum atomic E-state index is -0.272. The van der Waals surface area contributed by atoms with Crippen molar-refractivity contribution in [2.24, 2.45) is 0 Å². The van der Waals surface area contributed by atoms with Gasteiger partial charge in [0.2, 0.25) is 0 Å². The van der Waals surface area contributed by atoms with Crippen molar-refractivity contribution in [1.29, 1.82) is 0 Å². The van der Waals surface area contributed by atoms with E-state index in [1.54, 1.807) is 43.1 Å². The van der Waals surface area contributed by atoms with Crippen LogP contribution in [0.2, 0.25) is 0 Å². The Morgan fingerprint density at radius 3 is 1.58 bits per heavy atom. The molecule has 0 bridgehead atoms.